The Morgan fingerprint density at radius 2 is 1.84 bits per heavy atom. The minimum absolute atomic E-state index is 0.0410. The number of rotatable bonds is 6. The molecule has 0 aliphatic rings. The van der Waals surface area contributed by atoms with E-state index in [1.54, 1.807) is 42.1 Å². The highest BCUT2D eigenvalue weighted by Crippen LogP contribution is 2.33. The molecule has 0 unspecified atom stereocenters. The summed E-state index contributed by atoms with van der Waals surface area (Å²) in [7, 11) is 0. The lowest BCUT2D eigenvalue weighted by atomic mass is 10.0. The summed E-state index contributed by atoms with van der Waals surface area (Å²) in [6, 6.07) is 14.6. The van der Waals surface area contributed by atoms with Gasteiger partial charge in [-0.05, 0) is 73.5 Å². The van der Waals surface area contributed by atoms with Crippen molar-refractivity contribution in [3.63, 3.8) is 0 Å². The Bertz CT molecular complexity index is 1610. The van der Waals surface area contributed by atoms with Crippen molar-refractivity contribution in [1.82, 2.24) is 14.5 Å². The molecule has 2 aromatic heterocycles. The van der Waals surface area contributed by atoms with Gasteiger partial charge in [0, 0.05) is 35.4 Å². The average molecular weight is 522 g/mol. The molecule has 5 rings (SSSR count). The van der Waals surface area contributed by atoms with Gasteiger partial charge in [0.15, 0.2) is 0 Å². The van der Waals surface area contributed by atoms with E-state index in [2.05, 4.69) is 20.6 Å². The number of imidazole rings is 1. The van der Waals surface area contributed by atoms with Crippen molar-refractivity contribution in [2.45, 2.75) is 26.6 Å². The van der Waals surface area contributed by atoms with E-state index in [-0.39, 0.29) is 11.4 Å². The van der Waals surface area contributed by atoms with E-state index >= 15 is 0 Å². The van der Waals surface area contributed by atoms with Crippen molar-refractivity contribution in [1.29, 1.82) is 0 Å². The SMILES string of the molecule is Cc1cn(-c2cc(NC(=O)c3ccc(C)c(CNc4ccc5ncsc5c4)c3)cc(C(F)(F)F)c2)cn1. The number of nitrogens with one attached hydrogen (secondary N) is 2. The average Bonchev–Trinajstić information content (AvgIpc) is 3.51. The number of amides is 1. The van der Waals surface area contributed by atoms with Gasteiger partial charge in [-0.2, -0.15) is 13.2 Å². The number of carbonyl (C=O) groups excluding carboxylic acids is 1. The molecule has 188 valence electrons. The zero-order valence-electron chi connectivity index (χ0n) is 19.9. The molecule has 2 heterocycles. The van der Waals surface area contributed by atoms with Gasteiger partial charge in [0.1, 0.15) is 0 Å². The van der Waals surface area contributed by atoms with Crippen molar-refractivity contribution in [3.05, 3.63) is 101 Å². The largest absolute Gasteiger partial charge is 0.416 e. The van der Waals surface area contributed by atoms with Gasteiger partial charge in [-0.1, -0.05) is 6.07 Å². The maximum absolute atomic E-state index is 13.6. The summed E-state index contributed by atoms with van der Waals surface area (Å²) >= 11 is 1.56. The van der Waals surface area contributed by atoms with E-state index in [1.807, 2.05) is 31.2 Å². The number of hydrogen-bond donors (Lipinski definition) is 2. The third-order valence-corrected chi connectivity index (χ3v) is 6.73. The molecule has 6 nitrogen and oxygen atoms in total. The molecule has 1 amide bonds. The third-order valence-electron chi connectivity index (χ3n) is 5.94. The molecule has 5 aromatic rings. The van der Waals surface area contributed by atoms with Gasteiger partial charge in [-0.15, -0.1) is 11.3 Å². The van der Waals surface area contributed by atoms with Crippen LogP contribution in [-0.4, -0.2) is 20.4 Å². The number of carbonyl (C=O) groups is 1. The highest BCUT2D eigenvalue weighted by Gasteiger charge is 2.31. The first-order valence-electron chi connectivity index (χ1n) is 11.4. The lowest BCUT2D eigenvalue weighted by molar-refractivity contribution is -0.137. The number of halogens is 3. The number of fused-ring (bicyclic) bond motifs is 1. The van der Waals surface area contributed by atoms with E-state index < -0.39 is 17.6 Å². The maximum Gasteiger partial charge on any atom is 0.416 e. The summed E-state index contributed by atoms with van der Waals surface area (Å²) in [6.07, 6.45) is -1.52. The first-order chi connectivity index (χ1) is 17.7. The second-order valence-electron chi connectivity index (χ2n) is 8.67. The number of nitrogens with zero attached hydrogens (tertiary/aromatic N) is 3. The monoisotopic (exact) mass is 521 g/mol. The summed E-state index contributed by atoms with van der Waals surface area (Å²) in [5.41, 5.74) is 5.98. The van der Waals surface area contributed by atoms with Gasteiger partial charge in [0.2, 0.25) is 0 Å². The predicted octanol–water partition coefficient (Wildman–Crippen LogP) is 6.98. The van der Waals surface area contributed by atoms with Crippen molar-refractivity contribution in [2.75, 3.05) is 10.6 Å². The normalized spacial score (nSPS) is 11.6. The van der Waals surface area contributed by atoms with Crippen molar-refractivity contribution < 1.29 is 18.0 Å². The molecule has 0 bridgehead atoms. The number of aryl methyl sites for hydroxylation is 2. The molecule has 0 aliphatic heterocycles. The molecule has 0 saturated heterocycles. The van der Waals surface area contributed by atoms with Gasteiger partial charge >= 0.3 is 6.18 Å². The van der Waals surface area contributed by atoms with Crippen LogP contribution in [0.1, 0.15) is 32.7 Å². The molecule has 37 heavy (non-hydrogen) atoms. The first kappa shape index (κ1) is 24.5. The van der Waals surface area contributed by atoms with Gasteiger partial charge in [-0.25, -0.2) is 9.97 Å². The summed E-state index contributed by atoms with van der Waals surface area (Å²) in [5, 5.41) is 5.99. The number of thiazole rings is 1. The van der Waals surface area contributed by atoms with Crippen LogP contribution in [-0.2, 0) is 12.7 Å². The molecular weight excluding hydrogens is 499 g/mol. The lowest BCUT2D eigenvalue weighted by Crippen LogP contribution is -2.15. The molecule has 0 aliphatic carbocycles. The Labute approximate surface area is 214 Å². The lowest BCUT2D eigenvalue weighted by Gasteiger charge is -2.14. The molecular formula is C27H22F3N5OS. The highest BCUT2D eigenvalue weighted by atomic mass is 32.1. The van der Waals surface area contributed by atoms with Crippen LogP contribution in [0.15, 0.2) is 72.6 Å². The molecule has 0 spiro atoms. The molecule has 2 N–H and O–H groups in total. The molecule has 0 fully saturated rings. The minimum Gasteiger partial charge on any atom is -0.381 e. The van der Waals surface area contributed by atoms with Crippen LogP contribution in [0, 0.1) is 13.8 Å². The topological polar surface area (TPSA) is 71.8 Å². The first-order valence-corrected chi connectivity index (χ1v) is 12.2. The minimum atomic E-state index is -4.57. The van der Waals surface area contributed by atoms with Crippen LogP contribution < -0.4 is 10.6 Å². The van der Waals surface area contributed by atoms with Crippen LogP contribution in [0.5, 0.6) is 0 Å². The standard InChI is InChI=1S/C27H22F3N5OS/c1-16-3-4-18(7-19(16)12-31-21-5-6-24-25(11-21)37-15-33-24)26(36)34-22-8-20(27(28,29)30)9-23(10-22)35-13-17(2)32-14-35/h3-11,13-15,31H,12H2,1-2H3,(H,34,36). The van der Waals surface area contributed by atoms with Gasteiger partial charge in [0.25, 0.3) is 5.91 Å². The second kappa shape index (κ2) is 9.70. The van der Waals surface area contributed by atoms with Crippen molar-refractivity contribution in [2.24, 2.45) is 0 Å². The van der Waals surface area contributed by atoms with Crippen LogP contribution in [0.25, 0.3) is 15.9 Å². The highest BCUT2D eigenvalue weighted by molar-refractivity contribution is 7.16. The van der Waals surface area contributed by atoms with Gasteiger partial charge in [0.05, 0.1) is 33.3 Å². The smallest absolute Gasteiger partial charge is 0.381 e. The van der Waals surface area contributed by atoms with Crippen LogP contribution >= 0.6 is 11.3 Å². The van der Waals surface area contributed by atoms with E-state index in [0.717, 1.165) is 39.2 Å². The van der Waals surface area contributed by atoms with Crippen LogP contribution in [0.2, 0.25) is 0 Å². The van der Waals surface area contributed by atoms with Gasteiger partial charge < -0.3 is 15.2 Å². The van der Waals surface area contributed by atoms with E-state index in [1.165, 1.54) is 17.0 Å². The van der Waals surface area contributed by atoms with Crippen molar-refractivity contribution >= 4 is 38.8 Å². The Hall–Kier alpha value is -4.18. The van der Waals surface area contributed by atoms with Gasteiger partial charge in [-0.3, -0.25) is 4.79 Å². The van der Waals surface area contributed by atoms with Crippen molar-refractivity contribution in [3.8, 4) is 5.69 Å². The number of hydrogen-bond acceptors (Lipinski definition) is 5. The van der Waals surface area contributed by atoms with E-state index in [9.17, 15) is 18.0 Å². The summed E-state index contributed by atoms with van der Waals surface area (Å²) in [5.74, 6) is -0.501. The summed E-state index contributed by atoms with van der Waals surface area (Å²) in [6.45, 7) is 4.16. The zero-order chi connectivity index (χ0) is 26.2. The Balaban J connectivity index is 1.37. The third kappa shape index (κ3) is 5.49. The zero-order valence-corrected chi connectivity index (χ0v) is 20.7. The Morgan fingerprint density at radius 1 is 1.00 bits per heavy atom. The second-order valence-corrected chi connectivity index (χ2v) is 9.56. The van der Waals surface area contributed by atoms with E-state index in [4.69, 9.17) is 0 Å². The maximum atomic E-state index is 13.6. The number of aromatic nitrogens is 3. The fourth-order valence-corrected chi connectivity index (χ4v) is 4.64. The summed E-state index contributed by atoms with van der Waals surface area (Å²) in [4.78, 5) is 21.4. The molecule has 0 atom stereocenters. The summed E-state index contributed by atoms with van der Waals surface area (Å²) < 4.78 is 43.3. The Kier molecular flexibility index (Phi) is 6.43. The molecule has 3 aromatic carbocycles. The number of benzene rings is 3. The fraction of sp³-hybridized carbons (Fsp3) is 0.148. The van der Waals surface area contributed by atoms with Crippen LogP contribution in [0.3, 0.4) is 0 Å². The molecule has 0 saturated carbocycles. The Morgan fingerprint density at radius 3 is 2.59 bits per heavy atom. The number of anilines is 2. The quantitative estimate of drug-likeness (QED) is 0.253. The van der Waals surface area contributed by atoms with Crippen LogP contribution in [0.4, 0.5) is 24.5 Å². The number of alkyl halides is 3. The molecule has 10 heteroatoms. The fourth-order valence-electron chi connectivity index (χ4n) is 3.93. The molecule has 0 radical (unpaired) electrons. The van der Waals surface area contributed by atoms with E-state index in [0.29, 0.717) is 17.8 Å². The predicted molar refractivity (Wildman–Crippen MR) is 139 cm³/mol.